The predicted octanol–water partition coefficient (Wildman–Crippen LogP) is 3.25. The molecule has 0 aromatic heterocycles. The van der Waals surface area contributed by atoms with Gasteiger partial charge in [0.25, 0.3) is 0 Å². The summed E-state index contributed by atoms with van der Waals surface area (Å²) >= 11 is 0. The zero-order valence-electron chi connectivity index (χ0n) is 13.0. The number of Topliss-reactive ketones (excluding diaryl/α,β-unsaturated/α-hetero) is 1. The summed E-state index contributed by atoms with van der Waals surface area (Å²) in [4.78, 5) is 27.6. The Kier molecular flexibility index (Phi) is 4.29. The lowest BCUT2D eigenvalue weighted by Crippen LogP contribution is -2.06. The maximum atomic E-state index is 12.0. The normalized spacial score (nSPS) is 14.3. The Balaban J connectivity index is 2.07. The van der Waals surface area contributed by atoms with Crippen LogP contribution in [0, 0.1) is 0 Å². The highest BCUT2D eigenvalue weighted by Crippen LogP contribution is 2.21. The van der Waals surface area contributed by atoms with Gasteiger partial charge in [-0.1, -0.05) is 54.6 Å². The molecule has 0 saturated carbocycles. The number of hydrogen-bond donors (Lipinski definition) is 0. The molecule has 3 rings (SSSR count). The van der Waals surface area contributed by atoms with Crippen molar-refractivity contribution in [2.45, 2.75) is 13.3 Å². The molecule has 1 aliphatic heterocycles. The van der Waals surface area contributed by atoms with E-state index < -0.39 is 0 Å². The molecule has 1 heterocycles. The molecule has 0 unspecified atom stereocenters. The zero-order valence-corrected chi connectivity index (χ0v) is 13.0. The summed E-state index contributed by atoms with van der Waals surface area (Å²) in [5.41, 5.74) is 4.73. The second-order valence-electron chi connectivity index (χ2n) is 5.61. The summed E-state index contributed by atoms with van der Waals surface area (Å²) in [5.74, 6) is 0.104. The van der Waals surface area contributed by atoms with Gasteiger partial charge in [-0.15, -0.1) is 0 Å². The van der Waals surface area contributed by atoms with Gasteiger partial charge < -0.3 is 0 Å². The molecule has 23 heavy (non-hydrogen) atoms. The van der Waals surface area contributed by atoms with E-state index >= 15 is 0 Å². The van der Waals surface area contributed by atoms with Crippen molar-refractivity contribution >= 4 is 23.4 Å². The number of carbonyl (C=O) groups is 2. The van der Waals surface area contributed by atoms with Crippen LogP contribution in [0.15, 0.2) is 59.6 Å². The summed E-state index contributed by atoms with van der Waals surface area (Å²) in [6.07, 6.45) is 3.68. The van der Waals surface area contributed by atoms with Gasteiger partial charge in [0.15, 0.2) is 11.6 Å². The smallest absolute Gasteiger partial charge is 0.158 e. The topological polar surface area (TPSA) is 46.5 Å². The van der Waals surface area contributed by atoms with Crippen LogP contribution < -0.4 is 0 Å². The quantitative estimate of drug-likeness (QED) is 0.817. The van der Waals surface area contributed by atoms with Gasteiger partial charge in [0.05, 0.1) is 12.3 Å². The third kappa shape index (κ3) is 3.51. The predicted molar refractivity (Wildman–Crippen MR) is 91.8 cm³/mol. The molecule has 0 fully saturated rings. The minimum atomic E-state index is 0.00237. The summed E-state index contributed by atoms with van der Waals surface area (Å²) < 4.78 is 0. The molecule has 3 heteroatoms. The highest BCUT2D eigenvalue weighted by Gasteiger charge is 2.18. The largest absolute Gasteiger partial charge is 0.297 e. The third-order valence-electron chi connectivity index (χ3n) is 3.74. The van der Waals surface area contributed by atoms with Gasteiger partial charge in [-0.05, 0) is 24.1 Å². The van der Waals surface area contributed by atoms with E-state index in [-0.39, 0.29) is 18.1 Å². The Hall–Kier alpha value is -2.81. The summed E-state index contributed by atoms with van der Waals surface area (Å²) in [7, 11) is 0. The minimum absolute atomic E-state index is 0.00237. The summed E-state index contributed by atoms with van der Waals surface area (Å²) in [6.45, 7) is 1.72. The molecule has 0 aliphatic carbocycles. The lowest BCUT2D eigenvalue weighted by Gasteiger charge is -2.10. The number of hydrogen-bond acceptors (Lipinski definition) is 3. The number of fused-ring (bicyclic) bond motifs is 1. The highest BCUT2D eigenvalue weighted by atomic mass is 16.1. The van der Waals surface area contributed by atoms with Crippen LogP contribution in [0.1, 0.15) is 29.2 Å². The molecule has 0 atom stereocenters. The van der Waals surface area contributed by atoms with E-state index in [0.717, 1.165) is 28.0 Å². The fourth-order valence-electron chi connectivity index (χ4n) is 2.67. The Morgan fingerprint density at radius 3 is 2.65 bits per heavy atom. The van der Waals surface area contributed by atoms with Crippen LogP contribution >= 0.6 is 0 Å². The lowest BCUT2D eigenvalue weighted by molar-refractivity contribution is -0.117. The summed E-state index contributed by atoms with van der Waals surface area (Å²) in [6, 6.07) is 15.8. The first-order valence-electron chi connectivity index (χ1n) is 7.57. The van der Waals surface area contributed by atoms with Crippen molar-refractivity contribution in [3.8, 4) is 0 Å². The second kappa shape index (κ2) is 6.53. The van der Waals surface area contributed by atoms with Gasteiger partial charge in [-0.2, -0.15) is 0 Å². The van der Waals surface area contributed by atoms with E-state index in [0.29, 0.717) is 6.42 Å². The average molecular weight is 303 g/mol. The Labute approximate surface area is 135 Å². The van der Waals surface area contributed by atoms with Gasteiger partial charge in [0, 0.05) is 17.5 Å². The van der Waals surface area contributed by atoms with Crippen molar-refractivity contribution in [1.29, 1.82) is 0 Å². The van der Waals surface area contributed by atoms with E-state index in [9.17, 15) is 9.59 Å². The van der Waals surface area contributed by atoms with Crippen molar-refractivity contribution in [3.63, 3.8) is 0 Å². The maximum Gasteiger partial charge on any atom is 0.158 e. The van der Waals surface area contributed by atoms with Crippen LogP contribution in [0.4, 0.5) is 0 Å². The van der Waals surface area contributed by atoms with Crippen LogP contribution in [0.25, 0.3) is 6.08 Å². The number of benzene rings is 2. The van der Waals surface area contributed by atoms with Crippen molar-refractivity contribution in [2.75, 3.05) is 6.54 Å². The van der Waals surface area contributed by atoms with Gasteiger partial charge >= 0.3 is 0 Å². The van der Waals surface area contributed by atoms with Crippen molar-refractivity contribution in [2.24, 2.45) is 4.99 Å². The van der Waals surface area contributed by atoms with E-state index in [2.05, 4.69) is 4.99 Å². The van der Waals surface area contributed by atoms with Crippen LogP contribution in [-0.4, -0.2) is 23.8 Å². The van der Waals surface area contributed by atoms with E-state index in [1.54, 1.807) is 6.08 Å². The Morgan fingerprint density at radius 1 is 1.13 bits per heavy atom. The molecule has 0 radical (unpaired) electrons. The Morgan fingerprint density at radius 2 is 1.91 bits per heavy atom. The number of aliphatic imine (C=N–C) groups is 1. The first-order chi connectivity index (χ1) is 11.1. The van der Waals surface area contributed by atoms with Crippen LogP contribution in [0.5, 0.6) is 0 Å². The van der Waals surface area contributed by atoms with Gasteiger partial charge in [0.1, 0.15) is 0 Å². The molecule has 0 saturated heterocycles. The molecule has 3 nitrogen and oxygen atoms in total. The van der Waals surface area contributed by atoms with E-state index in [1.807, 2.05) is 48.5 Å². The molecule has 1 aliphatic rings. The molecule has 2 aromatic carbocycles. The van der Waals surface area contributed by atoms with Gasteiger partial charge in [-0.25, -0.2) is 0 Å². The number of nitrogens with zero attached hydrogens (tertiary/aromatic N) is 1. The summed E-state index contributed by atoms with van der Waals surface area (Å²) in [5, 5.41) is 0. The number of ketones is 2. The average Bonchev–Trinajstić information content (AvgIpc) is 2.71. The number of carbonyl (C=O) groups excluding carboxylic acids is 2. The number of allylic oxidation sites excluding steroid dienone is 1. The Bertz CT molecular complexity index is 817. The lowest BCUT2D eigenvalue weighted by atomic mass is 9.94. The maximum absolute atomic E-state index is 12.0. The zero-order chi connectivity index (χ0) is 16.2. The SMILES string of the molecule is CC(=O)/C=C/c1ccc2c(c1)CC(=O)CN=C2c1ccccc1. The third-order valence-corrected chi connectivity index (χ3v) is 3.74. The van der Waals surface area contributed by atoms with Crippen LogP contribution in [-0.2, 0) is 16.0 Å². The minimum Gasteiger partial charge on any atom is -0.297 e. The molecule has 0 bridgehead atoms. The second-order valence-corrected chi connectivity index (χ2v) is 5.61. The first-order valence-corrected chi connectivity index (χ1v) is 7.57. The first kappa shape index (κ1) is 15.1. The van der Waals surface area contributed by atoms with Crippen LogP contribution in [0.3, 0.4) is 0 Å². The monoisotopic (exact) mass is 303 g/mol. The molecule has 114 valence electrons. The fourth-order valence-corrected chi connectivity index (χ4v) is 2.67. The molecule has 0 spiro atoms. The van der Waals surface area contributed by atoms with Crippen molar-refractivity contribution < 1.29 is 9.59 Å². The van der Waals surface area contributed by atoms with E-state index in [4.69, 9.17) is 0 Å². The standard InChI is InChI=1S/C20H17NO2/c1-14(22)7-8-15-9-10-19-17(11-15)12-18(23)13-21-20(19)16-5-3-2-4-6-16/h2-11H,12-13H2,1H3/b8-7+. The molecular weight excluding hydrogens is 286 g/mol. The molecule has 0 N–H and O–H groups in total. The van der Waals surface area contributed by atoms with Gasteiger partial charge in [0.2, 0.25) is 0 Å². The number of rotatable bonds is 3. The van der Waals surface area contributed by atoms with Crippen molar-refractivity contribution in [3.05, 3.63) is 76.9 Å². The molecular formula is C20H17NO2. The fraction of sp³-hybridized carbons (Fsp3) is 0.150. The highest BCUT2D eigenvalue weighted by molar-refractivity contribution is 6.15. The van der Waals surface area contributed by atoms with Gasteiger partial charge in [-0.3, -0.25) is 14.6 Å². The van der Waals surface area contributed by atoms with Crippen LogP contribution in [0.2, 0.25) is 0 Å². The molecule has 2 aromatic rings. The van der Waals surface area contributed by atoms with Crippen molar-refractivity contribution in [1.82, 2.24) is 0 Å². The molecule has 0 amide bonds. The van der Waals surface area contributed by atoms with E-state index in [1.165, 1.54) is 13.0 Å².